The van der Waals surface area contributed by atoms with Crippen LogP contribution in [0.4, 0.5) is 0 Å². The second-order valence-corrected chi connectivity index (χ2v) is 15.5. The van der Waals surface area contributed by atoms with Crippen molar-refractivity contribution < 1.29 is 99.3 Å². The smallest absolute Gasteiger partial charge is 0.317 e. The van der Waals surface area contributed by atoms with Gasteiger partial charge >= 0.3 is 17.9 Å². The van der Waals surface area contributed by atoms with Crippen molar-refractivity contribution in [1.29, 1.82) is 0 Å². The van der Waals surface area contributed by atoms with E-state index in [4.69, 9.17) is 0 Å². The zero-order valence-electron chi connectivity index (χ0n) is 38.0. The van der Waals surface area contributed by atoms with Crippen molar-refractivity contribution in [2.24, 2.45) is 0 Å². The first-order chi connectivity index (χ1) is 31.2. The summed E-state index contributed by atoms with van der Waals surface area (Å²) in [6.45, 7) is -1.99. The number of hydrogen-bond donors (Lipinski definition) is 15. The lowest BCUT2D eigenvalue weighted by molar-refractivity contribution is -0.142. The summed E-state index contributed by atoms with van der Waals surface area (Å²) in [5, 5.41) is 115. The van der Waals surface area contributed by atoms with Crippen molar-refractivity contribution in [2.45, 2.75) is 76.5 Å². The molecule has 0 unspecified atom stereocenters. The Morgan fingerprint density at radius 3 is 0.761 bits per heavy atom. The number of amides is 6. The minimum Gasteiger partial charge on any atom is -0.480 e. The summed E-state index contributed by atoms with van der Waals surface area (Å²) in [5.74, 6) is -9.54. The quantitative estimate of drug-likeness (QED) is 0.0277. The van der Waals surface area contributed by atoms with E-state index in [1.165, 1.54) is 4.90 Å². The van der Waals surface area contributed by atoms with E-state index in [2.05, 4.69) is 21.3 Å². The minimum atomic E-state index is -1.80. The van der Waals surface area contributed by atoms with Gasteiger partial charge in [-0.2, -0.15) is 0 Å². The number of carboxylic acids is 3. The van der Waals surface area contributed by atoms with Crippen LogP contribution in [0, 0.1) is 0 Å². The molecule has 0 fully saturated rings. The molecule has 0 rings (SSSR count). The van der Waals surface area contributed by atoms with Gasteiger partial charge in [-0.1, -0.05) is 0 Å². The number of hydrogen-bond acceptors (Lipinski definition) is 20. The molecule has 0 saturated heterocycles. The molecule has 386 valence electrons. The summed E-state index contributed by atoms with van der Waals surface area (Å²) in [6, 6.07) is 0. The van der Waals surface area contributed by atoms with Crippen LogP contribution >= 0.6 is 0 Å². The maximum atomic E-state index is 13.6. The third kappa shape index (κ3) is 26.7. The van der Waals surface area contributed by atoms with Crippen LogP contribution in [0.15, 0.2) is 0 Å². The summed E-state index contributed by atoms with van der Waals surface area (Å²) < 4.78 is 0. The van der Waals surface area contributed by atoms with Crippen LogP contribution in [0.1, 0.15) is 27.7 Å². The Morgan fingerprint density at radius 1 is 0.343 bits per heavy atom. The number of aliphatic hydroxyl groups excluding tert-OH is 8. The molecule has 0 aliphatic rings. The largest absolute Gasteiger partial charge is 0.480 e. The molecular formula is C38H69N9O20. The molecule has 0 aliphatic carbocycles. The first-order valence-electron chi connectivity index (χ1n) is 21.1. The number of carbonyl (C=O) groups is 9. The zero-order valence-corrected chi connectivity index (χ0v) is 38.0. The highest BCUT2D eigenvalue weighted by atomic mass is 16.4. The average molecular weight is 972 g/mol. The molecule has 6 amide bonds. The number of carboxylic acid groups (broad SMARTS) is 3. The Hall–Kier alpha value is -5.21. The van der Waals surface area contributed by atoms with Crippen LogP contribution in [0.25, 0.3) is 0 Å². The van der Waals surface area contributed by atoms with Gasteiger partial charge in [0.25, 0.3) is 23.6 Å². The number of rotatable bonds is 36. The normalized spacial score (nSPS) is 15.0. The van der Waals surface area contributed by atoms with E-state index < -0.39 is 135 Å². The Balaban J connectivity index is 6.17. The predicted octanol–water partition coefficient (Wildman–Crippen LogP) is -9.77. The third-order valence-corrected chi connectivity index (χ3v) is 9.59. The van der Waals surface area contributed by atoms with Crippen LogP contribution in [0.3, 0.4) is 0 Å². The summed E-state index contributed by atoms with van der Waals surface area (Å²) >= 11 is 0. The molecule has 29 nitrogen and oxygen atoms in total. The molecule has 8 atom stereocenters. The van der Waals surface area contributed by atoms with Crippen molar-refractivity contribution in [2.75, 3.05) is 111 Å². The highest BCUT2D eigenvalue weighted by Crippen LogP contribution is 2.03. The summed E-state index contributed by atoms with van der Waals surface area (Å²) in [6.07, 6.45) is -12.9. The molecule has 0 bridgehead atoms. The van der Waals surface area contributed by atoms with E-state index in [-0.39, 0.29) is 78.5 Å². The zero-order chi connectivity index (χ0) is 51.6. The van der Waals surface area contributed by atoms with Gasteiger partial charge in [0.1, 0.15) is 0 Å². The second-order valence-electron chi connectivity index (χ2n) is 15.5. The second kappa shape index (κ2) is 32.5. The van der Waals surface area contributed by atoms with Crippen molar-refractivity contribution in [1.82, 2.24) is 45.8 Å². The Bertz CT molecular complexity index is 1440. The van der Waals surface area contributed by atoms with E-state index in [1.54, 1.807) is 0 Å². The molecule has 0 aromatic rings. The van der Waals surface area contributed by atoms with Gasteiger partial charge in [0.2, 0.25) is 11.8 Å². The monoisotopic (exact) mass is 971 g/mol. The SMILES string of the molecule is C[C@H](O)[C@H](O)C(=O)NCCN(CCNC(=O)[C@@H](O)[C@H](C)O)C(=O)CN(CCN(CCN(CC(=O)O)CC(=O)N(CCNC(=O)[C@@H](O)[C@H](C)O)CCNC(=O)[C@@H](O)[C@H](C)O)CC(=O)O)CC(=O)O. The van der Waals surface area contributed by atoms with Crippen molar-refractivity contribution in [3.05, 3.63) is 0 Å². The van der Waals surface area contributed by atoms with Gasteiger partial charge in [0, 0.05) is 78.5 Å². The summed E-state index contributed by atoms with van der Waals surface area (Å²) in [4.78, 5) is 117. The topological polar surface area (TPSA) is 440 Å². The lowest BCUT2D eigenvalue weighted by Crippen LogP contribution is -2.51. The average Bonchev–Trinajstić information content (AvgIpc) is 3.23. The van der Waals surface area contributed by atoms with Gasteiger partial charge in [0.05, 0.1) is 57.1 Å². The van der Waals surface area contributed by atoms with E-state index in [0.29, 0.717) is 0 Å². The Morgan fingerprint density at radius 2 is 0.552 bits per heavy atom. The van der Waals surface area contributed by atoms with Gasteiger partial charge in [-0.05, 0) is 27.7 Å². The van der Waals surface area contributed by atoms with Crippen LogP contribution in [-0.4, -0.2) is 294 Å². The highest BCUT2D eigenvalue weighted by molar-refractivity contribution is 5.83. The van der Waals surface area contributed by atoms with Gasteiger partial charge in [0.15, 0.2) is 24.4 Å². The Kier molecular flexibility index (Phi) is 30.0. The van der Waals surface area contributed by atoms with Crippen LogP contribution in [-0.2, 0) is 43.2 Å². The fourth-order valence-corrected chi connectivity index (χ4v) is 5.69. The van der Waals surface area contributed by atoms with Gasteiger partial charge in [-0.15, -0.1) is 0 Å². The first-order valence-corrected chi connectivity index (χ1v) is 21.1. The molecule has 0 spiro atoms. The maximum absolute atomic E-state index is 13.6. The lowest BCUT2D eigenvalue weighted by atomic mass is 10.2. The van der Waals surface area contributed by atoms with Crippen LogP contribution < -0.4 is 21.3 Å². The molecular weight excluding hydrogens is 902 g/mol. The summed E-state index contributed by atoms with van der Waals surface area (Å²) in [5.41, 5.74) is 0. The molecule has 0 aliphatic heterocycles. The Labute approximate surface area is 385 Å². The van der Waals surface area contributed by atoms with Crippen molar-refractivity contribution in [3.8, 4) is 0 Å². The summed E-state index contributed by atoms with van der Waals surface area (Å²) in [7, 11) is 0. The van der Waals surface area contributed by atoms with Crippen LogP contribution in [0.5, 0.6) is 0 Å². The van der Waals surface area contributed by atoms with Gasteiger partial charge < -0.3 is 87.2 Å². The third-order valence-electron chi connectivity index (χ3n) is 9.59. The van der Waals surface area contributed by atoms with E-state index in [0.717, 1.165) is 47.3 Å². The molecule has 67 heavy (non-hydrogen) atoms. The number of nitrogens with one attached hydrogen (secondary N) is 4. The van der Waals surface area contributed by atoms with Gasteiger partial charge in [-0.3, -0.25) is 57.9 Å². The minimum absolute atomic E-state index is 0.232. The molecule has 0 radical (unpaired) electrons. The fourth-order valence-electron chi connectivity index (χ4n) is 5.69. The molecule has 0 saturated carbocycles. The fraction of sp³-hybridized carbons (Fsp3) is 0.763. The van der Waals surface area contributed by atoms with Crippen LogP contribution in [0.2, 0.25) is 0 Å². The van der Waals surface area contributed by atoms with E-state index >= 15 is 0 Å². The number of aliphatic carboxylic acids is 3. The number of nitrogens with zero attached hydrogens (tertiary/aromatic N) is 5. The number of aliphatic hydroxyl groups is 8. The molecule has 0 heterocycles. The van der Waals surface area contributed by atoms with E-state index in [9.17, 15) is 99.3 Å². The van der Waals surface area contributed by atoms with Crippen molar-refractivity contribution in [3.63, 3.8) is 0 Å². The molecule has 29 heteroatoms. The predicted molar refractivity (Wildman–Crippen MR) is 228 cm³/mol. The lowest BCUT2D eigenvalue weighted by Gasteiger charge is -2.30. The standard InChI is InChI=1S/C38H69N9O20/c1-22(48)31(60)35(64)39-5-9-46(10-6-40-36(65)32(61)23(2)49)26(52)17-44(20-29(56)57)15-13-43(19-28(54)55)14-16-45(21-30(58)59)18-27(53)47(11-7-41-37(66)33(62)24(3)50)12-8-42-38(67)34(63)25(4)51/h22-25,31-34,48-51,60-63H,5-21H2,1-4H3,(H,39,64)(H,40,65)(H,41,66)(H,42,67)(H,54,55)(H,56,57)(H,58,59)/t22-,23-,24-,25-,31-,32-,33-,34-/m0/s1. The first kappa shape index (κ1) is 61.8. The molecule has 0 aromatic heterocycles. The molecule has 0 aromatic carbocycles. The number of carbonyl (C=O) groups excluding carboxylic acids is 6. The highest BCUT2D eigenvalue weighted by Gasteiger charge is 2.27. The van der Waals surface area contributed by atoms with Gasteiger partial charge in [-0.25, -0.2) is 0 Å². The molecule has 15 N–H and O–H groups in total. The van der Waals surface area contributed by atoms with Crippen molar-refractivity contribution >= 4 is 53.4 Å². The van der Waals surface area contributed by atoms with E-state index in [1.807, 2.05) is 0 Å². The maximum Gasteiger partial charge on any atom is 0.317 e.